The van der Waals surface area contributed by atoms with E-state index in [1.54, 1.807) is 12.5 Å². The number of carbonyl (C=O) groups excluding carboxylic acids is 1. The molecular formula is C19H18FN5O2. The fourth-order valence-electron chi connectivity index (χ4n) is 3.27. The number of amides is 1. The Balaban J connectivity index is 1.50. The Morgan fingerprint density at radius 2 is 2.30 bits per heavy atom. The Kier molecular flexibility index (Phi) is 4.45. The van der Waals surface area contributed by atoms with Crippen molar-refractivity contribution in [1.82, 2.24) is 25.6 Å². The lowest BCUT2D eigenvalue weighted by Gasteiger charge is -2.20. The Labute approximate surface area is 155 Å². The molecule has 0 bridgehead atoms. The van der Waals surface area contributed by atoms with Crippen LogP contribution in [-0.4, -0.2) is 28.0 Å². The molecule has 3 N–H and O–H groups in total. The molecule has 1 saturated heterocycles. The van der Waals surface area contributed by atoms with Crippen molar-refractivity contribution in [3.63, 3.8) is 0 Å². The third-order valence-electron chi connectivity index (χ3n) is 4.58. The monoisotopic (exact) mass is 367 g/mol. The summed E-state index contributed by atoms with van der Waals surface area (Å²) in [6, 6.07) is 1.40. The highest BCUT2D eigenvalue weighted by Gasteiger charge is 2.34. The van der Waals surface area contributed by atoms with Crippen LogP contribution in [0.5, 0.6) is 5.88 Å². The van der Waals surface area contributed by atoms with Gasteiger partial charge in [0.1, 0.15) is 5.82 Å². The molecule has 1 amide bonds. The van der Waals surface area contributed by atoms with E-state index >= 15 is 0 Å². The van der Waals surface area contributed by atoms with Crippen LogP contribution in [0.15, 0.2) is 53.9 Å². The van der Waals surface area contributed by atoms with Crippen molar-refractivity contribution in [2.24, 2.45) is 5.92 Å². The van der Waals surface area contributed by atoms with E-state index in [9.17, 15) is 9.18 Å². The Bertz CT molecular complexity index is 962. The van der Waals surface area contributed by atoms with Gasteiger partial charge in [-0.25, -0.2) is 14.4 Å². The fourth-order valence-corrected chi connectivity index (χ4v) is 3.27. The summed E-state index contributed by atoms with van der Waals surface area (Å²) in [4.78, 5) is 23.2. The van der Waals surface area contributed by atoms with Gasteiger partial charge in [-0.2, -0.15) is 0 Å². The van der Waals surface area contributed by atoms with E-state index in [1.807, 2.05) is 18.2 Å². The molecule has 1 aliphatic heterocycles. The van der Waals surface area contributed by atoms with Gasteiger partial charge in [0.05, 0.1) is 31.5 Å². The van der Waals surface area contributed by atoms with Crippen LogP contribution in [-0.2, 0) is 11.3 Å². The molecule has 0 saturated carbocycles. The van der Waals surface area contributed by atoms with Crippen molar-refractivity contribution in [3.8, 4) is 5.88 Å². The molecule has 0 spiro atoms. The second-order valence-electron chi connectivity index (χ2n) is 6.31. The average Bonchev–Trinajstić information content (AvgIpc) is 3.29. The number of halogens is 1. The zero-order valence-electron chi connectivity index (χ0n) is 14.6. The van der Waals surface area contributed by atoms with E-state index in [0.717, 1.165) is 23.3 Å². The number of rotatable bonds is 5. The SMILES string of the molecule is COc1ncc(F)cc1CNC1=CC=C2NC(=O)/C(=C\c3cnc[nH]3)C2C1. The van der Waals surface area contributed by atoms with Crippen LogP contribution >= 0.6 is 0 Å². The first kappa shape index (κ1) is 17.0. The number of carbonyl (C=O) groups is 1. The maximum absolute atomic E-state index is 13.5. The molecular weight excluding hydrogens is 349 g/mol. The summed E-state index contributed by atoms with van der Waals surface area (Å²) in [5, 5.41) is 6.20. The number of ether oxygens (including phenoxy) is 1. The van der Waals surface area contributed by atoms with Gasteiger partial charge in [0, 0.05) is 35.0 Å². The zero-order valence-corrected chi connectivity index (χ0v) is 14.6. The molecule has 7 nitrogen and oxygen atoms in total. The van der Waals surface area contributed by atoms with Crippen molar-refractivity contribution >= 4 is 12.0 Å². The van der Waals surface area contributed by atoms with E-state index in [1.165, 1.54) is 13.2 Å². The quantitative estimate of drug-likeness (QED) is 0.704. The lowest BCUT2D eigenvalue weighted by Crippen LogP contribution is -2.20. The lowest BCUT2D eigenvalue weighted by atomic mass is 9.90. The number of imidazole rings is 1. The van der Waals surface area contributed by atoms with Gasteiger partial charge < -0.3 is 20.4 Å². The third kappa shape index (κ3) is 3.46. The van der Waals surface area contributed by atoms with Crippen molar-refractivity contribution in [2.45, 2.75) is 13.0 Å². The number of fused-ring (bicyclic) bond motifs is 1. The van der Waals surface area contributed by atoms with Crippen LogP contribution in [0.4, 0.5) is 4.39 Å². The minimum absolute atomic E-state index is 0.0548. The molecule has 1 fully saturated rings. The standard InChI is InChI=1S/C19H18FN5O2/c1-27-19-11(4-12(20)8-23-19)7-22-13-2-3-17-15(5-13)16(18(26)25-17)6-14-9-21-10-24-14/h2-4,6,8-10,15,22H,5,7H2,1H3,(H,21,24)(H,25,26)/b16-6-. The highest BCUT2D eigenvalue weighted by atomic mass is 19.1. The number of aromatic amines is 1. The number of H-pyrrole nitrogens is 1. The summed E-state index contributed by atoms with van der Waals surface area (Å²) in [6.07, 6.45) is 10.6. The summed E-state index contributed by atoms with van der Waals surface area (Å²) < 4.78 is 18.6. The summed E-state index contributed by atoms with van der Waals surface area (Å²) in [7, 11) is 1.50. The van der Waals surface area contributed by atoms with E-state index in [4.69, 9.17) is 4.74 Å². The molecule has 4 rings (SSSR count). The molecule has 1 aliphatic carbocycles. The van der Waals surface area contributed by atoms with Crippen LogP contribution in [0.2, 0.25) is 0 Å². The number of allylic oxidation sites excluding steroid dienone is 4. The van der Waals surface area contributed by atoms with Gasteiger partial charge in [0.25, 0.3) is 5.91 Å². The second-order valence-corrected chi connectivity index (χ2v) is 6.31. The fraction of sp³-hybridized carbons (Fsp3) is 0.211. The Morgan fingerprint density at radius 3 is 3.07 bits per heavy atom. The molecule has 3 heterocycles. The van der Waals surface area contributed by atoms with Gasteiger partial charge in [0.15, 0.2) is 0 Å². The minimum atomic E-state index is -0.414. The van der Waals surface area contributed by atoms with Crippen molar-refractivity contribution in [3.05, 3.63) is 71.0 Å². The summed E-state index contributed by atoms with van der Waals surface area (Å²) in [6.45, 7) is 0.372. The first-order valence-electron chi connectivity index (χ1n) is 8.48. The number of hydrogen-bond donors (Lipinski definition) is 3. The van der Waals surface area contributed by atoms with E-state index in [0.29, 0.717) is 30.0 Å². The summed E-state index contributed by atoms with van der Waals surface area (Å²) in [5.74, 6) is -0.191. The van der Waals surface area contributed by atoms with Crippen LogP contribution in [0.25, 0.3) is 6.08 Å². The lowest BCUT2D eigenvalue weighted by molar-refractivity contribution is -0.115. The van der Waals surface area contributed by atoms with Crippen LogP contribution in [0.1, 0.15) is 17.7 Å². The predicted octanol–water partition coefficient (Wildman–Crippen LogP) is 2.04. The topological polar surface area (TPSA) is 91.9 Å². The zero-order chi connectivity index (χ0) is 18.8. The number of nitrogens with one attached hydrogen (secondary N) is 3. The largest absolute Gasteiger partial charge is 0.481 e. The highest BCUT2D eigenvalue weighted by Crippen LogP contribution is 2.35. The molecule has 27 heavy (non-hydrogen) atoms. The first-order valence-corrected chi connectivity index (χ1v) is 8.48. The molecule has 2 aromatic heterocycles. The molecule has 8 heteroatoms. The highest BCUT2D eigenvalue weighted by molar-refractivity contribution is 6.03. The molecule has 2 aliphatic rings. The molecule has 1 atom stereocenters. The third-order valence-corrected chi connectivity index (χ3v) is 4.58. The molecule has 138 valence electrons. The number of pyridine rings is 1. The summed E-state index contributed by atoms with van der Waals surface area (Å²) >= 11 is 0. The van der Waals surface area contributed by atoms with E-state index in [2.05, 4.69) is 25.6 Å². The van der Waals surface area contributed by atoms with E-state index < -0.39 is 5.82 Å². The molecule has 1 unspecified atom stereocenters. The maximum Gasteiger partial charge on any atom is 0.252 e. The number of aromatic nitrogens is 3. The number of methoxy groups -OCH3 is 1. The predicted molar refractivity (Wildman–Crippen MR) is 96.6 cm³/mol. The van der Waals surface area contributed by atoms with E-state index in [-0.39, 0.29) is 11.8 Å². The Hall–Kier alpha value is -3.42. The smallest absolute Gasteiger partial charge is 0.252 e. The van der Waals surface area contributed by atoms with Crippen molar-refractivity contribution < 1.29 is 13.9 Å². The number of nitrogens with zero attached hydrogens (tertiary/aromatic N) is 2. The van der Waals surface area contributed by atoms with Crippen LogP contribution < -0.4 is 15.4 Å². The van der Waals surface area contributed by atoms with Crippen molar-refractivity contribution in [1.29, 1.82) is 0 Å². The Morgan fingerprint density at radius 1 is 1.41 bits per heavy atom. The van der Waals surface area contributed by atoms with Gasteiger partial charge in [-0.05, 0) is 30.7 Å². The summed E-state index contributed by atoms with van der Waals surface area (Å²) in [5.41, 5.74) is 3.91. The van der Waals surface area contributed by atoms with Gasteiger partial charge in [-0.3, -0.25) is 4.79 Å². The van der Waals surface area contributed by atoms with Gasteiger partial charge in [0.2, 0.25) is 5.88 Å². The van der Waals surface area contributed by atoms with Gasteiger partial charge in [-0.1, -0.05) is 0 Å². The molecule has 0 radical (unpaired) electrons. The second kappa shape index (κ2) is 7.06. The van der Waals surface area contributed by atoms with Gasteiger partial charge in [-0.15, -0.1) is 0 Å². The van der Waals surface area contributed by atoms with Crippen molar-refractivity contribution in [2.75, 3.05) is 7.11 Å². The van der Waals surface area contributed by atoms with Crippen LogP contribution in [0, 0.1) is 11.7 Å². The number of hydrogen-bond acceptors (Lipinski definition) is 5. The van der Waals surface area contributed by atoms with Gasteiger partial charge >= 0.3 is 0 Å². The normalized spacial score (nSPS) is 20.0. The minimum Gasteiger partial charge on any atom is -0.481 e. The molecule has 0 aromatic carbocycles. The first-order chi connectivity index (χ1) is 13.1. The molecule has 2 aromatic rings. The van der Waals surface area contributed by atoms with Crippen LogP contribution in [0.3, 0.4) is 0 Å². The maximum atomic E-state index is 13.5. The average molecular weight is 367 g/mol.